The van der Waals surface area contributed by atoms with Crippen molar-refractivity contribution in [2.45, 2.75) is 57.0 Å². The lowest BCUT2D eigenvalue weighted by atomic mass is 9.66. The summed E-state index contributed by atoms with van der Waals surface area (Å²) >= 11 is 1.40. The number of carboxylic acid groups (broad SMARTS) is 1. The highest BCUT2D eigenvalue weighted by Gasteiger charge is 2.41. The number of rotatable bonds is 12. The molecule has 1 amide bonds. The molecular formula is C25H30FN7O3S. The molecule has 1 aliphatic rings. The Morgan fingerprint density at radius 1 is 1.24 bits per heavy atom. The number of carboxylic acids is 1. The number of nitrogens with two attached hydrogens (primary N) is 1. The normalized spacial score (nSPS) is 15.9. The lowest BCUT2D eigenvalue weighted by molar-refractivity contribution is -0.140. The standard InChI is InChI=1S/C25H30FN7O3S/c1-15(21(27)24(35)36)5-8-20(34)29-12-16-13-30-23(37-16)18-6-7-19(33-32-18)31-14-25(9-3-10-25)22-17(26)4-2-11-28-22/h2,4,6-7,11,13,15,21H,3,5,8-10,12,14,27H2,1H3,(H,29,34)(H,31,33)(H,35,36)/t15?,21-/m0/s1. The second kappa shape index (κ2) is 11.7. The van der Waals surface area contributed by atoms with Gasteiger partial charge < -0.3 is 21.5 Å². The molecule has 2 atom stereocenters. The zero-order valence-corrected chi connectivity index (χ0v) is 21.3. The minimum atomic E-state index is -1.07. The molecule has 3 heterocycles. The van der Waals surface area contributed by atoms with Gasteiger partial charge in [-0.05, 0) is 49.4 Å². The van der Waals surface area contributed by atoms with Crippen LogP contribution in [0.1, 0.15) is 49.6 Å². The van der Waals surface area contributed by atoms with E-state index in [1.54, 1.807) is 25.4 Å². The van der Waals surface area contributed by atoms with E-state index < -0.39 is 12.0 Å². The van der Waals surface area contributed by atoms with E-state index in [-0.39, 0.29) is 29.5 Å². The highest BCUT2D eigenvalue weighted by atomic mass is 32.1. The van der Waals surface area contributed by atoms with Gasteiger partial charge in [-0.15, -0.1) is 21.5 Å². The fourth-order valence-electron chi connectivity index (χ4n) is 4.24. The maximum atomic E-state index is 14.3. The fourth-order valence-corrected chi connectivity index (χ4v) is 5.06. The van der Waals surface area contributed by atoms with Gasteiger partial charge in [0.2, 0.25) is 5.91 Å². The average Bonchev–Trinajstić information content (AvgIpc) is 3.35. The van der Waals surface area contributed by atoms with E-state index in [0.717, 1.165) is 24.1 Å². The third-order valence-electron chi connectivity index (χ3n) is 6.80. The summed E-state index contributed by atoms with van der Waals surface area (Å²) in [5.41, 5.74) is 6.36. The number of thiazole rings is 1. The minimum absolute atomic E-state index is 0.176. The van der Waals surface area contributed by atoms with Crippen LogP contribution in [-0.2, 0) is 21.5 Å². The summed E-state index contributed by atoms with van der Waals surface area (Å²) < 4.78 is 14.3. The van der Waals surface area contributed by atoms with Crippen LogP contribution >= 0.6 is 11.3 Å². The Labute approximate surface area is 217 Å². The number of halogens is 1. The number of nitrogens with zero attached hydrogens (tertiary/aromatic N) is 4. The van der Waals surface area contributed by atoms with E-state index in [9.17, 15) is 14.0 Å². The number of carbonyl (C=O) groups is 2. The van der Waals surface area contributed by atoms with Crippen LogP contribution in [0.4, 0.5) is 10.2 Å². The Morgan fingerprint density at radius 3 is 2.70 bits per heavy atom. The predicted molar refractivity (Wildman–Crippen MR) is 137 cm³/mol. The van der Waals surface area contributed by atoms with E-state index in [1.807, 2.05) is 12.1 Å². The third kappa shape index (κ3) is 6.44. The first-order valence-corrected chi connectivity index (χ1v) is 13.0. The molecule has 37 heavy (non-hydrogen) atoms. The first kappa shape index (κ1) is 26.6. The van der Waals surface area contributed by atoms with Crippen molar-refractivity contribution in [1.82, 2.24) is 25.5 Å². The molecule has 3 aromatic heterocycles. The van der Waals surface area contributed by atoms with E-state index >= 15 is 0 Å². The van der Waals surface area contributed by atoms with Crippen molar-refractivity contribution < 1.29 is 19.1 Å². The SMILES string of the molecule is CC(CCC(=O)NCc1cnc(-c2ccc(NCC3(c4ncccc4F)CCC3)nn2)s1)[C@H](N)C(=O)O. The van der Waals surface area contributed by atoms with Crippen LogP contribution in [0.5, 0.6) is 0 Å². The minimum Gasteiger partial charge on any atom is -0.480 e. The number of nitrogens with one attached hydrogen (secondary N) is 2. The molecule has 5 N–H and O–H groups in total. The van der Waals surface area contributed by atoms with Crippen LogP contribution in [0.15, 0.2) is 36.7 Å². The van der Waals surface area contributed by atoms with Gasteiger partial charge >= 0.3 is 5.97 Å². The molecule has 12 heteroatoms. The number of pyridine rings is 1. The van der Waals surface area contributed by atoms with Gasteiger partial charge in [0.05, 0.1) is 12.2 Å². The average molecular weight is 528 g/mol. The molecular weight excluding hydrogens is 497 g/mol. The molecule has 1 saturated carbocycles. The summed E-state index contributed by atoms with van der Waals surface area (Å²) in [6.07, 6.45) is 6.66. The second-order valence-electron chi connectivity index (χ2n) is 9.41. The van der Waals surface area contributed by atoms with Gasteiger partial charge in [0.25, 0.3) is 0 Å². The first-order chi connectivity index (χ1) is 17.8. The summed E-state index contributed by atoms with van der Waals surface area (Å²) in [5, 5.41) is 24.2. The summed E-state index contributed by atoms with van der Waals surface area (Å²) in [6, 6.07) is 5.70. The van der Waals surface area contributed by atoms with E-state index in [0.29, 0.717) is 41.7 Å². The Morgan fingerprint density at radius 2 is 2.05 bits per heavy atom. The van der Waals surface area contributed by atoms with E-state index in [4.69, 9.17) is 10.8 Å². The highest BCUT2D eigenvalue weighted by molar-refractivity contribution is 7.15. The Kier molecular flexibility index (Phi) is 8.39. The number of carbonyl (C=O) groups excluding carboxylic acids is 1. The van der Waals surface area contributed by atoms with Crippen molar-refractivity contribution in [2.24, 2.45) is 11.7 Å². The molecule has 0 spiro atoms. The predicted octanol–water partition coefficient (Wildman–Crippen LogP) is 3.11. The molecule has 1 unspecified atom stereocenters. The number of amides is 1. The third-order valence-corrected chi connectivity index (χ3v) is 7.82. The monoisotopic (exact) mass is 527 g/mol. The molecule has 0 aliphatic heterocycles. The van der Waals surface area contributed by atoms with Crippen LogP contribution in [0.2, 0.25) is 0 Å². The van der Waals surface area contributed by atoms with Gasteiger partial charge in [0, 0.05) is 35.7 Å². The van der Waals surface area contributed by atoms with Crippen molar-refractivity contribution in [3.05, 3.63) is 53.0 Å². The molecule has 4 rings (SSSR count). The van der Waals surface area contributed by atoms with Crippen molar-refractivity contribution in [2.75, 3.05) is 11.9 Å². The molecule has 0 radical (unpaired) electrons. The number of hydrogen-bond donors (Lipinski definition) is 4. The maximum absolute atomic E-state index is 14.3. The summed E-state index contributed by atoms with van der Waals surface area (Å²) in [4.78, 5) is 32.6. The Bertz CT molecular complexity index is 1230. The van der Waals surface area contributed by atoms with Gasteiger partial charge in [0.1, 0.15) is 28.4 Å². The summed E-state index contributed by atoms with van der Waals surface area (Å²) in [6.45, 7) is 2.56. The zero-order valence-electron chi connectivity index (χ0n) is 20.5. The topological polar surface area (TPSA) is 156 Å². The maximum Gasteiger partial charge on any atom is 0.320 e. The van der Waals surface area contributed by atoms with E-state index in [2.05, 4.69) is 30.8 Å². The molecule has 0 bridgehead atoms. The van der Waals surface area contributed by atoms with Crippen LogP contribution < -0.4 is 16.4 Å². The van der Waals surface area contributed by atoms with Crippen molar-refractivity contribution in [1.29, 1.82) is 0 Å². The second-order valence-corrected chi connectivity index (χ2v) is 10.5. The lowest BCUT2D eigenvalue weighted by Crippen LogP contribution is -2.42. The Balaban J connectivity index is 1.27. The molecule has 10 nitrogen and oxygen atoms in total. The van der Waals surface area contributed by atoms with Gasteiger partial charge in [-0.1, -0.05) is 13.3 Å². The molecule has 1 fully saturated rings. The lowest BCUT2D eigenvalue weighted by Gasteiger charge is -2.41. The highest BCUT2D eigenvalue weighted by Crippen LogP contribution is 2.43. The molecule has 0 aromatic carbocycles. The zero-order chi connectivity index (χ0) is 26.4. The smallest absolute Gasteiger partial charge is 0.320 e. The molecule has 1 aliphatic carbocycles. The van der Waals surface area contributed by atoms with Crippen LogP contribution in [0, 0.1) is 11.7 Å². The number of aromatic nitrogens is 4. The van der Waals surface area contributed by atoms with Gasteiger partial charge in [-0.3, -0.25) is 14.6 Å². The van der Waals surface area contributed by atoms with Crippen molar-refractivity contribution in [3.8, 4) is 10.7 Å². The fraction of sp³-hybridized carbons (Fsp3) is 0.440. The Hall–Kier alpha value is -3.51. The number of anilines is 1. The van der Waals surface area contributed by atoms with Crippen LogP contribution in [-0.4, -0.2) is 49.7 Å². The molecule has 196 valence electrons. The largest absolute Gasteiger partial charge is 0.480 e. The summed E-state index contributed by atoms with van der Waals surface area (Å²) in [7, 11) is 0. The first-order valence-electron chi connectivity index (χ1n) is 12.2. The van der Waals surface area contributed by atoms with Gasteiger partial charge in [-0.25, -0.2) is 9.37 Å². The van der Waals surface area contributed by atoms with Crippen LogP contribution in [0.25, 0.3) is 10.7 Å². The number of hydrogen-bond acceptors (Lipinski definition) is 9. The van der Waals surface area contributed by atoms with Crippen LogP contribution in [0.3, 0.4) is 0 Å². The quantitative estimate of drug-likeness (QED) is 0.278. The summed E-state index contributed by atoms with van der Waals surface area (Å²) in [5.74, 6) is -1.24. The number of aliphatic carboxylic acids is 1. The van der Waals surface area contributed by atoms with E-state index in [1.165, 1.54) is 17.4 Å². The van der Waals surface area contributed by atoms with Crippen molar-refractivity contribution in [3.63, 3.8) is 0 Å². The van der Waals surface area contributed by atoms with Gasteiger partial charge in [0.15, 0.2) is 0 Å². The van der Waals surface area contributed by atoms with Crippen molar-refractivity contribution >= 4 is 29.0 Å². The molecule has 0 saturated heterocycles. The molecule has 3 aromatic rings. The van der Waals surface area contributed by atoms with Gasteiger partial charge in [-0.2, -0.15) is 0 Å².